The molecule has 1 fully saturated rings. The molecule has 172 valence electrons. The minimum Gasteiger partial charge on any atom is -0.493 e. The number of alkyl halides is 3. The molecule has 0 bridgehead atoms. The van der Waals surface area contributed by atoms with Crippen LogP contribution >= 0.6 is 0 Å². The molecule has 0 unspecified atom stereocenters. The third kappa shape index (κ3) is 5.54. The first-order chi connectivity index (χ1) is 15.8. The van der Waals surface area contributed by atoms with Gasteiger partial charge in [-0.15, -0.1) is 13.2 Å². The van der Waals surface area contributed by atoms with Crippen molar-refractivity contribution in [1.82, 2.24) is 0 Å². The Hall–Kier alpha value is -3.75. The van der Waals surface area contributed by atoms with Gasteiger partial charge in [0.25, 0.3) is 0 Å². The molecule has 3 aromatic rings. The van der Waals surface area contributed by atoms with Gasteiger partial charge < -0.3 is 18.9 Å². The van der Waals surface area contributed by atoms with Gasteiger partial charge in [-0.25, -0.2) is 4.39 Å². The third-order valence-corrected chi connectivity index (χ3v) is 4.91. The molecule has 0 radical (unpaired) electrons. The number of carbonyl (C=O) groups excluding carboxylic acids is 1. The Balaban J connectivity index is 1.68. The van der Waals surface area contributed by atoms with Crippen LogP contribution in [0.15, 0.2) is 54.6 Å². The highest BCUT2D eigenvalue weighted by atomic mass is 19.4. The second-order valence-electron chi connectivity index (χ2n) is 7.36. The van der Waals surface area contributed by atoms with Gasteiger partial charge in [-0.05, 0) is 72.9 Å². The average Bonchev–Trinajstić information content (AvgIpc) is 3.62. The van der Waals surface area contributed by atoms with Crippen molar-refractivity contribution in [3.63, 3.8) is 0 Å². The monoisotopic (exact) mass is 462 g/mol. The Morgan fingerprint density at radius 1 is 0.879 bits per heavy atom. The van der Waals surface area contributed by atoms with Gasteiger partial charge in [0.2, 0.25) is 5.75 Å². The summed E-state index contributed by atoms with van der Waals surface area (Å²) < 4.78 is 73.2. The molecule has 0 aromatic heterocycles. The molecule has 0 heterocycles. The highest BCUT2D eigenvalue weighted by Gasteiger charge is 2.32. The lowest BCUT2D eigenvalue weighted by Gasteiger charge is -2.17. The molecular formula is C24H18F4O5. The maximum Gasteiger partial charge on any atom is 0.573 e. The smallest absolute Gasteiger partial charge is 0.493 e. The van der Waals surface area contributed by atoms with Crippen LogP contribution in [0.4, 0.5) is 17.6 Å². The third-order valence-electron chi connectivity index (χ3n) is 4.91. The fraction of sp³-hybridized carbons (Fsp3) is 0.208. The predicted octanol–water partition coefficient (Wildman–Crippen LogP) is 7.01. The van der Waals surface area contributed by atoms with E-state index in [1.807, 2.05) is 0 Å². The van der Waals surface area contributed by atoms with Gasteiger partial charge >= 0.3 is 6.36 Å². The fourth-order valence-electron chi connectivity index (χ4n) is 3.20. The van der Waals surface area contributed by atoms with Crippen LogP contribution in [0.25, 0.3) is 0 Å². The molecule has 0 spiro atoms. The van der Waals surface area contributed by atoms with E-state index in [9.17, 15) is 18.0 Å². The summed E-state index contributed by atoms with van der Waals surface area (Å²) in [5.74, 6) is -0.872. The second kappa shape index (κ2) is 9.01. The molecule has 1 aliphatic rings. The summed E-state index contributed by atoms with van der Waals surface area (Å²) in [5.41, 5.74) is 1.15. The van der Waals surface area contributed by atoms with Crippen molar-refractivity contribution < 1.29 is 41.3 Å². The van der Waals surface area contributed by atoms with Crippen molar-refractivity contribution >= 4 is 6.29 Å². The van der Waals surface area contributed by atoms with Crippen LogP contribution in [-0.2, 0) is 0 Å². The van der Waals surface area contributed by atoms with Crippen LogP contribution in [0.1, 0.15) is 34.7 Å². The van der Waals surface area contributed by atoms with Gasteiger partial charge in [-0.2, -0.15) is 0 Å². The highest BCUT2D eigenvalue weighted by Crippen LogP contribution is 2.47. The Labute approximate surface area is 186 Å². The van der Waals surface area contributed by atoms with E-state index in [-0.39, 0.29) is 34.7 Å². The fourth-order valence-corrected chi connectivity index (χ4v) is 3.20. The lowest BCUT2D eigenvalue weighted by molar-refractivity contribution is -0.274. The largest absolute Gasteiger partial charge is 0.573 e. The van der Waals surface area contributed by atoms with Crippen LogP contribution in [-0.4, -0.2) is 19.8 Å². The zero-order valence-electron chi connectivity index (χ0n) is 17.3. The molecule has 9 heteroatoms. The summed E-state index contributed by atoms with van der Waals surface area (Å²) in [4.78, 5) is 10.9. The standard InChI is InChI=1S/C24H18F4O5/c1-30-21-12-18(33-24(26,27)28)8-9-20(21)32-22-11-16(15-4-5-15)10-19(25)23(22)31-17-6-2-14(13-29)3-7-17/h2-3,6-13,15H,4-5H2,1H3. The van der Waals surface area contributed by atoms with Crippen molar-refractivity contribution in [2.24, 2.45) is 0 Å². The number of halogens is 4. The van der Waals surface area contributed by atoms with Crippen LogP contribution in [0.3, 0.4) is 0 Å². The molecular weight excluding hydrogens is 444 g/mol. The van der Waals surface area contributed by atoms with Gasteiger partial charge in [0.05, 0.1) is 7.11 Å². The van der Waals surface area contributed by atoms with E-state index >= 15 is 4.39 Å². The van der Waals surface area contributed by atoms with Crippen LogP contribution < -0.4 is 18.9 Å². The van der Waals surface area contributed by atoms with Gasteiger partial charge in [0, 0.05) is 11.6 Å². The highest BCUT2D eigenvalue weighted by molar-refractivity contribution is 5.74. The first-order valence-electron chi connectivity index (χ1n) is 9.94. The Bertz CT molecular complexity index is 1150. The van der Waals surface area contributed by atoms with Gasteiger partial charge in [-0.3, -0.25) is 4.79 Å². The molecule has 4 rings (SSSR count). The summed E-state index contributed by atoms with van der Waals surface area (Å²) in [5, 5.41) is 0. The lowest BCUT2D eigenvalue weighted by atomic mass is 10.1. The summed E-state index contributed by atoms with van der Waals surface area (Å²) in [6, 6.07) is 12.4. The van der Waals surface area contributed by atoms with E-state index in [4.69, 9.17) is 14.2 Å². The molecule has 0 aliphatic heterocycles. The SMILES string of the molecule is COc1cc(OC(F)(F)F)ccc1Oc1cc(C2CC2)cc(F)c1Oc1ccc(C=O)cc1. The Morgan fingerprint density at radius 3 is 2.18 bits per heavy atom. The minimum atomic E-state index is -4.87. The normalized spacial score (nSPS) is 13.4. The van der Waals surface area contributed by atoms with E-state index in [1.165, 1.54) is 43.5 Å². The van der Waals surface area contributed by atoms with E-state index in [1.54, 1.807) is 6.07 Å². The molecule has 1 saturated carbocycles. The number of hydrogen-bond donors (Lipinski definition) is 0. The van der Waals surface area contributed by atoms with E-state index in [0.29, 0.717) is 11.8 Å². The van der Waals surface area contributed by atoms with E-state index in [0.717, 1.165) is 30.5 Å². The molecule has 1 aliphatic carbocycles. The Morgan fingerprint density at radius 2 is 1.58 bits per heavy atom. The number of rotatable bonds is 8. The summed E-state index contributed by atoms with van der Waals surface area (Å²) in [7, 11) is 1.26. The van der Waals surface area contributed by atoms with Crippen LogP contribution in [0.2, 0.25) is 0 Å². The number of aldehydes is 1. The van der Waals surface area contributed by atoms with Crippen molar-refractivity contribution in [2.75, 3.05) is 7.11 Å². The summed E-state index contributed by atoms with van der Waals surface area (Å²) >= 11 is 0. The zero-order valence-corrected chi connectivity index (χ0v) is 17.3. The molecule has 0 N–H and O–H groups in total. The predicted molar refractivity (Wildman–Crippen MR) is 110 cm³/mol. The summed E-state index contributed by atoms with van der Waals surface area (Å²) in [6.45, 7) is 0. The molecule has 3 aromatic carbocycles. The van der Waals surface area contributed by atoms with Crippen molar-refractivity contribution in [1.29, 1.82) is 0 Å². The number of carbonyl (C=O) groups is 1. The van der Waals surface area contributed by atoms with Crippen LogP contribution in [0.5, 0.6) is 34.5 Å². The molecule has 0 saturated heterocycles. The molecule has 0 amide bonds. The van der Waals surface area contributed by atoms with Gasteiger partial charge in [-0.1, -0.05) is 0 Å². The number of hydrogen-bond acceptors (Lipinski definition) is 5. The average molecular weight is 462 g/mol. The van der Waals surface area contributed by atoms with Crippen molar-refractivity contribution in [3.05, 3.63) is 71.5 Å². The van der Waals surface area contributed by atoms with Crippen LogP contribution in [0, 0.1) is 5.82 Å². The number of methoxy groups -OCH3 is 1. The number of ether oxygens (including phenoxy) is 4. The Kier molecular flexibility index (Phi) is 6.13. The zero-order chi connectivity index (χ0) is 23.6. The first-order valence-corrected chi connectivity index (χ1v) is 9.94. The van der Waals surface area contributed by atoms with Crippen molar-refractivity contribution in [2.45, 2.75) is 25.1 Å². The molecule has 5 nitrogen and oxygen atoms in total. The molecule has 0 atom stereocenters. The minimum absolute atomic E-state index is 0.0270. The lowest BCUT2D eigenvalue weighted by Crippen LogP contribution is -2.17. The molecule has 33 heavy (non-hydrogen) atoms. The maximum atomic E-state index is 15.0. The topological polar surface area (TPSA) is 54.0 Å². The summed E-state index contributed by atoms with van der Waals surface area (Å²) in [6.07, 6.45) is -2.37. The van der Waals surface area contributed by atoms with Crippen molar-refractivity contribution in [3.8, 4) is 34.5 Å². The number of benzene rings is 3. The second-order valence-corrected chi connectivity index (χ2v) is 7.36. The first kappa shape index (κ1) is 22.4. The maximum absolute atomic E-state index is 15.0. The van der Waals surface area contributed by atoms with E-state index in [2.05, 4.69) is 4.74 Å². The quantitative estimate of drug-likeness (QED) is 0.266. The van der Waals surface area contributed by atoms with Gasteiger partial charge in [0.1, 0.15) is 17.8 Å². The van der Waals surface area contributed by atoms with E-state index < -0.39 is 17.9 Å². The van der Waals surface area contributed by atoms with Gasteiger partial charge in [0.15, 0.2) is 23.1 Å².